The molecule has 3 unspecified atom stereocenters. The van der Waals surface area contributed by atoms with Crippen molar-refractivity contribution in [3.63, 3.8) is 0 Å². The molecule has 2 rings (SSSR count). The molecule has 3 atom stereocenters. The van der Waals surface area contributed by atoms with E-state index in [4.69, 9.17) is 4.74 Å². The third-order valence-electron chi connectivity index (χ3n) is 2.78. The van der Waals surface area contributed by atoms with Gasteiger partial charge in [0.05, 0.1) is 10.9 Å². The minimum absolute atomic E-state index is 0.293. The highest BCUT2D eigenvalue weighted by Crippen LogP contribution is 2.36. The van der Waals surface area contributed by atoms with Gasteiger partial charge in [0.25, 0.3) is 0 Å². The van der Waals surface area contributed by atoms with Crippen molar-refractivity contribution in [3.05, 3.63) is 10.0 Å². The molecular weight excluding hydrogens is 276 g/mol. The van der Waals surface area contributed by atoms with Gasteiger partial charge in [0.2, 0.25) is 0 Å². The summed E-state index contributed by atoms with van der Waals surface area (Å²) in [6, 6.07) is 0. The van der Waals surface area contributed by atoms with Crippen LogP contribution in [0.5, 0.6) is 0 Å². The highest BCUT2D eigenvalue weighted by molar-refractivity contribution is 9.09. The Bertz CT molecular complexity index is 331. The van der Waals surface area contributed by atoms with Gasteiger partial charge in [-0.15, -0.1) is 10.2 Å². The van der Waals surface area contributed by atoms with E-state index in [-0.39, 0.29) is 0 Å². The third kappa shape index (κ3) is 2.40. The molecule has 0 aromatic carbocycles. The fourth-order valence-corrected chi connectivity index (χ4v) is 3.26. The van der Waals surface area contributed by atoms with Gasteiger partial charge < -0.3 is 4.74 Å². The summed E-state index contributed by atoms with van der Waals surface area (Å²) < 4.78 is 5.54. The molecule has 5 heteroatoms. The Balaban J connectivity index is 2.12. The van der Waals surface area contributed by atoms with E-state index in [2.05, 4.69) is 40.0 Å². The fourth-order valence-electron chi connectivity index (χ4n) is 1.75. The van der Waals surface area contributed by atoms with Gasteiger partial charge in [-0.2, -0.15) is 0 Å². The van der Waals surface area contributed by atoms with Crippen LogP contribution in [-0.4, -0.2) is 22.9 Å². The van der Waals surface area contributed by atoms with Gasteiger partial charge in [-0.1, -0.05) is 34.2 Å². The standard InChI is InChI=1S/C10H15BrN2OS/c1-3-8(11)10-13-12-9(15-10)7-4-5-14-6(7)2/h6-8H,3-5H2,1-2H3. The molecule has 0 radical (unpaired) electrons. The molecule has 1 aromatic heterocycles. The highest BCUT2D eigenvalue weighted by atomic mass is 79.9. The van der Waals surface area contributed by atoms with Gasteiger partial charge >= 0.3 is 0 Å². The van der Waals surface area contributed by atoms with Gasteiger partial charge in [-0.05, 0) is 19.8 Å². The molecule has 0 amide bonds. The maximum absolute atomic E-state index is 5.54. The van der Waals surface area contributed by atoms with Crippen LogP contribution in [-0.2, 0) is 4.74 Å². The van der Waals surface area contributed by atoms with Crippen molar-refractivity contribution in [2.24, 2.45) is 0 Å². The van der Waals surface area contributed by atoms with E-state index in [1.54, 1.807) is 11.3 Å². The monoisotopic (exact) mass is 290 g/mol. The van der Waals surface area contributed by atoms with Crippen molar-refractivity contribution in [2.75, 3.05) is 6.61 Å². The minimum atomic E-state index is 0.293. The molecule has 3 nitrogen and oxygen atoms in total. The van der Waals surface area contributed by atoms with Crippen molar-refractivity contribution in [3.8, 4) is 0 Å². The van der Waals surface area contributed by atoms with Crippen LogP contribution >= 0.6 is 27.3 Å². The Labute approximate surface area is 102 Å². The Morgan fingerprint density at radius 1 is 1.60 bits per heavy atom. The third-order valence-corrected chi connectivity index (χ3v) is 5.33. The topological polar surface area (TPSA) is 35.0 Å². The Morgan fingerprint density at radius 2 is 2.40 bits per heavy atom. The molecule has 1 aromatic rings. The van der Waals surface area contributed by atoms with Crippen LogP contribution < -0.4 is 0 Å². The number of alkyl halides is 1. The summed E-state index contributed by atoms with van der Waals surface area (Å²) in [4.78, 5) is 0.348. The molecule has 0 saturated carbocycles. The Hall–Kier alpha value is -0.0000000000000000555. The van der Waals surface area contributed by atoms with E-state index in [1.165, 1.54) is 0 Å². The van der Waals surface area contributed by atoms with E-state index in [1.807, 2.05) is 0 Å². The first-order chi connectivity index (χ1) is 7.22. The highest BCUT2D eigenvalue weighted by Gasteiger charge is 2.29. The molecule has 1 aliphatic heterocycles. The molecule has 0 bridgehead atoms. The quantitative estimate of drug-likeness (QED) is 0.802. The van der Waals surface area contributed by atoms with Crippen molar-refractivity contribution in [2.45, 2.75) is 43.5 Å². The second kappa shape index (κ2) is 4.89. The minimum Gasteiger partial charge on any atom is -0.378 e. The van der Waals surface area contributed by atoms with Gasteiger partial charge in [0.15, 0.2) is 0 Å². The number of aromatic nitrogens is 2. The number of hydrogen-bond acceptors (Lipinski definition) is 4. The van der Waals surface area contributed by atoms with Crippen LogP contribution in [0.3, 0.4) is 0 Å². The summed E-state index contributed by atoms with van der Waals surface area (Å²) in [5.41, 5.74) is 0. The molecule has 0 aliphatic carbocycles. The number of halogens is 1. The van der Waals surface area contributed by atoms with Gasteiger partial charge in [0, 0.05) is 12.5 Å². The summed E-state index contributed by atoms with van der Waals surface area (Å²) in [7, 11) is 0. The van der Waals surface area contributed by atoms with E-state index >= 15 is 0 Å². The van der Waals surface area contributed by atoms with Crippen molar-refractivity contribution >= 4 is 27.3 Å². The zero-order valence-corrected chi connectivity index (χ0v) is 11.3. The maximum Gasteiger partial charge on any atom is 0.131 e. The number of rotatable bonds is 3. The normalized spacial score (nSPS) is 28.2. The summed E-state index contributed by atoms with van der Waals surface area (Å²) in [6.07, 6.45) is 2.42. The first-order valence-corrected chi connectivity index (χ1v) is 7.04. The Kier molecular flexibility index (Phi) is 3.74. The van der Waals surface area contributed by atoms with Crippen molar-refractivity contribution in [1.82, 2.24) is 10.2 Å². The van der Waals surface area contributed by atoms with Gasteiger partial charge in [0.1, 0.15) is 10.0 Å². The number of hydrogen-bond donors (Lipinski definition) is 0. The zero-order valence-electron chi connectivity index (χ0n) is 8.94. The first kappa shape index (κ1) is 11.5. The predicted octanol–water partition coefficient (Wildman–Crippen LogP) is 3.28. The smallest absolute Gasteiger partial charge is 0.131 e. The SMILES string of the molecule is CCC(Br)c1nnc(C2CCOC2C)s1. The van der Waals surface area contributed by atoms with Gasteiger partial charge in [-0.3, -0.25) is 0 Å². The average Bonchev–Trinajstić information content (AvgIpc) is 2.84. The summed E-state index contributed by atoms with van der Waals surface area (Å²) in [5.74, 6) is 0.452. The van der Waals surface area contributed by atoms with Gasteiger partial charge in [-0.25, -0.2) is 0 Å². The average molecular weight is 291 g/mol. The summed E-state index contributed by atoms with van der Waals surface area (Å²) >= 11 is 5.32. The molecule has 1 saturated heterocycles. The lowest BCUT2D eigenvalue weighted by Gasteiger charge is -2.09. The first-order valence-electron chi connectivity index (χ1n) is 5.31. The second-order valence-corrected chi connectivity index (χ2v) is 5.97. The lowest BCUT2D eigenvalue weighted by atomic mass is 10.0. The van der Waals surface area contributed by atoms with Crippen LogP contribution in [0, 0.1) is 0 Å². The molecule has 15 heavy (non-hydrogen) atoms. The largest absolute Gasteiger partial charge is 0.378 e. The molecule has 0 spiro atoms. The summed E-state index contributed by atoms with van der Waals surface area (Å²) in [5, 5.41) is 10.7. The van der Waals surface area contributed by atoms with E-state index in [9.17, 15) is 0 Å². The lowest BCUT2D eigenvalue weighted by molar-refractivity contribution is 0.118. The molecule has 2 heterocycles. The van der Waals surface area contributed by atoms with Crippen LogP contribution in [0.2, 0.25) is 0 Å². The maximum atomic E-state index is 5.54. The van der Waals surface area contributed by atoms with Crippen molar-refractivity contribution < 1.29 is 4.74 Å². The second-order valence-electron chi connectivity index (χ2n) is 3.83. The predicted molar refractivity (Wildman–Crippen MR) is 64.6 cm³/mol. The van der Waals surface area contributed by atoms with E-state index in [0.717, 1.165) is 29.5 Å². The fraction of sp³-hybridized carbons (Fsp3) is 0.800. The molecule has 1 aliphatic rings. The number of ether oxygens (including phenoxy) is 1. The van der Waals surface area contributed by atoms with E-state index in [0.29, 0.717) is 16.8 Å². The molecule has 84 valence electrons. The molecule has 0 N–H and O–H groups in total. The lowest BCUT2D eigenvalue weighted by Crippen LogP contribution is -2.08. The molecule has 1 fully saturated rings. The van der Waals surface area contributed by atoms with Crippen LogP contribution in [0.4, 0.5) is 0 Å². The van der Waals surface area contributed by atoms with E-state index < -0.39 is 0 Å². The van der Waals surface area contributed by atoms with Crippen LogP contribution in [0.1, 0.15) is 47.4 Å². The van der Waals surface area contributed by atoms with Crippen LogP contribution in [0.15, 0.2) is 0 Å². The Morgan fingerprint density at radius 3 is 3.00 bits per heavy atom. The van der Waals surface area contributed by atoms with Crippen LogP contribution in [0.25, 0.3) is 0 Å². The zero-order chi connectivity index (χ0) is 10.8. The molecular formula is C10H15BrN2OS. The van der Waals surface area contributed by atoms with Crippen molar-refractivity contribution in [1.29, 1.82) is 0 Å². The number of nitrogens with zero attached hydrogens (tertiary/aromatic N) is 2. The summed E-state index contributed by atoms with van der Waals surface area (Å²) in [6.45, 7) is 5.11.